The number of hydrogen-bond acceptors (Lipinski definition) is 3. The number of nitrogens with zero attached hydrogens (tertiary/aromatic N) is 3. The van der Waals surface area contributed by atoms with E-state index in [0.29, 0.717) is 5.41 Å². The summed E-state index contributed by atoms with van der Waals surface area (Å²) in [5.74, 6) is 0.873. The molecule has 27 heavy (non-hydrogen) atoms. The predicted molar refractivity (Wildman–Crippen MR) is 121 cm³/mol. The fraction of sp³-hybridized carbons (Fsp3) is 0.600. The molecular weight excluding hydrogens is 453 g/mol. The second-order valence-corrected chi connectivity index (χ2v) is 7.25. The van der Waals surface area contributed by atoms with Gasteiger partial charge in [-0.15, -0.1) is 24.0 Å². The maximum atomic E-state index is 5.32. The Bertz CT molecular complexity index is 691. The largest absolute Gasteiger partial charge is 0.385 e. The number of fused-ring (bicyclic) bond motifs is 1. The van der Waals surface area contributed by atoms with Crippen molar-refractivity contribution >= 4 is 35.6 Å². The molecule has 1 aliphatic rings. The number of aromatic nitrogens is 2. The van der Waals surface area contributed by atoms with Crippen LogP contribution >= 0.6 is 24.0 Å². The van der Waals surface area contributed by atoms with Crippen LogP contribution in [-0.4, -0.2) is 49.2 Å². The lowest BCUT2D eigenvalue weighted by atomic mass is 9.83. The molecule has 1 saturated carbocycles. The molecule has 0 aliphatic heterocycles. The summed E-state index contributed by atoms with van der Waals surface area (Å²) in [6, 6.07) is 6.06. The average molecular weight is 485 g/mol. The molecule has 2 N–H and O–H groups in total. The highest BCUT2D eigenvalue weighted by molar-refractivity contribution is 14.0. The van der Waals surface area contributed by atoms with E-state index in [4.69, 9.17) is 4.74 Å². The van der Waals surface area contributed by atoms with Crippen LogP contribution in [0.4, 0.5) is 0 Å². The van der Waals surface area contributed by atoms with Crippen molar-refractivity contribution < 1.29 is 4.74 Å². The number of guanidine groups is 1. The van der Waals surface area contributed by atoms with Crippen LogP contribution < -0.4 is 10.6 Å². The topological polar surface area (TPSA) is 63.0 Å². The highest BCUT2D eigenvalue weighted by Crippen LogP contribution is 2.40. The monoisotopic (exact) mass is 485 g/mol. The fourth-order valence-corrected chi connectivity index (χ4v) is 3.87. The molecule has 150 valence electrons. The molecular formula is C20H32IN5O. The number of nitrogens with one attached hydrogen (secondary N) is 2. The van der Waals surface area contributed by atoms with Crippen molar-refractivity contribution in [2.75, 3.05) is 33.9 Å². The molecule has 1 aliphatic carbocycles. The molecule has 0 amide bonds. The Hall–Kier alpha value is -1.35. The van der Waals surface area contributed by atoms with Gasteiger partial charge >= 0.3 is 0 Å². The minimum absolute atomic E-state index is 0. The number of methoxy groups -OCH3 is 1. The Labute approximate surface area is 179 Å². The second kappa shape index (κ2) is 10.8. The number of imidazole rings is 1. The van der Waals surface area contributed by atoms with E-state index in [9.17, 15) is 0 Å². The molecule has 2 aromatic rings. The van der Waals surface area contributed by atoms with Crippen LogP contribution in [0.2, 0.25) is 0 Å². The maximum Gasteiger partial charge on any atom is 0.191 e. The van der Waals surface area contributed by atoms with Gasteiger partial charge in [0.15, 0.2) is 5.96 Å². The number of rotatable bonds is 8. The van der Waals surface area contributed by atoms with E-state index in [1.807, 2.05) is 31.4 Å². The lowest BCUT2D eigenvalue weighted by molar-refractivity contribution is 0.138. The summed E-state index contributed by atoms with van der Waals surface area (Å²) in [5.41, 5.74) is 2.44. The van der Waals surface area contributed by atoms with Crippen molar-refractivity contribution in [3.05, 3.63) is 36.3 Å². The van der Waals surface area contributed by atoms with Crippen molar-refractivity contribution in [2.45, 2.75) is 38.5 Å². The molecule has 3 rings (SSSR count). The number of hydrogen-bond donors (Lipinski definition) is 2. The fourth-order valence-electron chi connectivity index (χ4n) is 3.87. The number of halogens is 1. The van der Waals surface area contributed by atoms with Gasteiger partial charge in [0.2, 0.25) is 0 Å². The van der Waals surface area contributed by atoms with Gasteiger partial charge < -0.3 is 19.8 Å². The van der Waals surface area contributed by atoms with Crippen molar-refractivity contribution in [3.8, 4) is 0 Å². The zero-order chi connectivity index (χ0) is 18.2. The first kappa shape index (κ1) is 21.9. The van der Waals surface area contributed by atoms with Crippen molar-refractivity contribution in [1.82, 2.24) is 20.0 Å². The summed E-state index contributed by atoms with van der Waals surface area (Å²) in [6.45, 7) is 2.61. The third-order valence-electron chi connectivity index (χ3n) is 5.44. The van der Waals surface area contributed by atoms with Crippen LogP contribution in [-0.2, 0) is 11.2 Å². The molecule has 6 nitrogen and oxygen atoms in total. The summed E-state index contributed by atoms with van der Waals surface area (Å²) in [5, 5.41) is 6.95. The van der Waals surface area contributed by atoms with E-state index in [2.05, 4.69) is 31.2 Å². The van der Waals surface area contributed by atoms with Gasteiger partial charge in [0.25, 0.3) is 0 Å². The highest BCUT2D eigenvalue weighted by atomic mass is 127. The minimum atomic E-state index is 0. The van der Waals surface area contributed by atoms with Crippen LogP contribution in [0.15, 0.2) is 35.6 Å². The lowest BCUT2D eigenvalue weighted by Gasteiger charge is -2.29. The number of ether oxygens (including phenoxy) is 1. The van der Waals surface area contributed by atoms with Crippen LogP contribution in [0.25, 0.3) is 5.65 Å². The van der Waals surface area contributed by atoms with Gasteiger partial charge in [-0.1, -0.05) is 18.9 Å². The Balaban J connectivity index is 0.00000261. The molecule has 0 aromatic carbocycles. The average Bonchev–Trinajstić information content (AvgIpc) is 3.30. The molecule has 0 saturated heterocycles. The zero-order valence-corrected chi connectivity index (χ0v) is 18.7. The normalized spacial score (nSPS) is 16.3. The maximum absolute atomic E-state index is 5.32. The second-order valence-electron chi connectivity index (χ2n) is 7.25. The standard InChI is InChI=1S/C20H31N5O.HI/c1-21-19(23-16-20(11-14-26-2)9-4-5-10-20)22-12-8-17-15-25-13-6-3-7-18(25)24-17;/h3,6-7,13,15H,4-5,8-12,14,16H2,1-2H3,(H2,21,22,23);1H. The van der Waals surface area contributed by atoms with Gasteiger partial charge in [-0.3, -0.25) is 4.99 Å². The van der Waals surface area contributed by atoms with Gasteiger partial charge in [0.05, 0.1) is 5.69 Å². The first-order valence-electron chi connectivity index (χ1n) is 9.61. The van der Waals surface area contributed by atoms with Crippen LogP contribution in [0.5, 0.6) is 0 Å². The van der Waals surface area contributed by atoms with E-state index in [1.54, 1.807) is 7.11 Å². The Morgan fingerprint density at radius 3 is 2.81 bits per heavy atom. The van der Waals surface area contributed by atoms with Gasteiger partial charge in [0.1, 0.15) is 5.65 Å². The van der Waals surface area contributed by atoms with Crippen molar-refractivity contribution in [3.63, 3.8) is 0 Å². The molecule has 7 heteroatoms. The molecule has 2 heterocycles. The highest BCUT2D eigenvalue weighted by Gasteiger charge is 2.33. The Morgan fingerprint density at radius 2 is 2.11 bits per heavy atom. The summed E-state index contributed by atoms with van der Waals surface area (Å²) in [7, 11) is 3.62. The molecule has 0 unspecified atom stereocenters. The van der Waals surface area contributed by atoms with E-state index in [0.717, 1.165) is 49.8 Å². The van der Waals surface area contributed by atoms with Crippen LogP contribution in [0.1, 0.15) is 37.8 Å². The SMILES string of the molecule is CN=C(NCCc1cn2ccccc2n1)NCC1(CCOC)CCCC1.I. The van der Waals surface area contributed by atoms with Gasteiger partial charge in [0, 0.05) is 52.7 Å². The van der Waals surface area contributed by atoms with Crippen LogP contribution in [0, 0.1) is 5.41 Å². The quantitative estimate of drug-likeness (QED) is 0.343. The van der Waals surface area contributed by atoms with Crippen LogP contribution in [0.3, 0.4) is 0 Å². The molecule has 2 aromatic heterocycles. The molecule has 1 fully saturated rings. The third-order valence-corrected chi connectivity index (χ3v) is 5.44. The van der Waals surface area contributed by atoms with E-state index >= 15 is 0 Å². The van der Waals surface area contributed by atoms with Crippen molar-refractivity contribution in [2.24, 2.45) is 10.4 Å². The van der Waals surface area contributed by atoms with Gasteiger partial charge in [-0.2, -0.15) is 0 Å². The predicted octanol–water partition coefficient (Wildman–Crippen LogP) is 3.26. The summed E-state index contributed by atoms with van der Waals surface area (Å²) >= 11 is 0. The van der Waals surface area contributed by atoms with E-state index in [-0.39, 0.29) is 24.0 Å². The van der Waals surface area contributed by atoms with Crippen molar-refractivity contribution in [1.29, 1.82) is 0 Å². The molecule has 0 atom stereocenters. The number of pyridine rings is 1. The number of aliphatic imine (C=N–C) groups is 1. The summed E-state index contributed by atoms with van der Waals surface area (Å²) in [4.78, 5) is 9.01. The van der Waals surface area contributed by atoms with E-state index in [1.165, 1.54) is 25.7 Å². The first-order valence-corrected chi connectivity index (χ1v) is 9.61. The Kier molecular flexibility index (Phi) is 8.82. The zero-order valence-electron chi connectivity index (χ0n) is 16.4. The Morgan fingerprint density at radius 1 is 1.30 bits per heavy atom. The summed E-state index contributed by atoms with van der Waals surface area (Å²) < 4.78 is 7.38. The minimum Gasteiger partial charge on any atom is -0.385 e. The third kappa shape index (κ3) is 6.07. The van der Waals surface area contributed by atoms with E-state index < -0.39 is 0 Å². The van der Waals surface area contributed by atoms with Gasteiger partial charge in [-0.25, -0.2) is 4.98 Å². The molecule has 0 radical (unpaired) electrons. The molecule has 0 spiro atoms. The molecule has 0 bridgehead atoms. The smallest absolute Gasteiger partial charge is 0.191 e. The lowest BCUT2D eigenvalue weighted by Crippen LogP contribution is -2.43. The first-order chi connectivity index (χ1) is 12.7. The van der Waals surface area contributed by atoms with Gasteiger partial charge in [-0.05, 0) is 36.8 Å². The summed E-state index contributed by atoms with van der Waals surface area (Å²) in [6.07, 6.45) is 11.3.